The second kappa shape index (κ2) is 6.86. The van der Waals surface area contributed by atoms with Gasteiger partial charge in [0, 0.05) is 25.2 Å². The van der Waals surface area contributed by atoms with Gasteiger partial charge in [0.05, 0.1) is 11.2 Å². The standard InChI is InChI=1S/C11H17ClN2O4S2/c1-14(19(2,15)16)9-3-8-13-20(17,18)11-6-4-10(12)5-7-11/h4-7,13H,3,8-9H2,1-2H3. The maximum Gasteiger partial charge on any atom is 0.240 e. The Morgan fingerprint density at radius 3 is 2.20 bits per heavy atom. The lowest BCUT2D eigenvalue weighted by Gasteiger charge is -2.14. The van der Waals surface area contributed by atoms with E-state index in [9.17, 15) is 16.8 Å². The number of benzene rings is 1. The predicted molar refractivity (Wildman–Crippen MR) is 78.7 cm³/mol. The molecule has 1 aromatic rings. The van der Waals surface area contributed by atoms with Crippen LogP contribution in [0.15, 0.2) is 29.2 Å². The number of hydrogen-bond donors (Lipinski definition) is 1. The van der Waals surface area contributed by atoms with Crippen molar-refractivity contribution in [3.8, 4) is 0 Å². The summed E-state index contributed by atoms with van der Waals surface area (Å²) < 4.78 is 49.7. The molecule has 9 heteroatoms. The summed E-state index contributed by atoms with van der Waals surface area (Å²) in [6.07, 6.45) is 1.49. The Kier molecular flexibility index (Phi) is 5.96. The molecule has 1 rings (SSSR count). The van der Waals surface area contributed by atoms with Gasteiger partial charge in [-0.3, -0.25) is 0 Å². The molecule has 0 atom stereocenters. The van der Waals surface area contributed by atoms with Crippen LogP contribution >= 0.6 is 11.6 Å². The van der Waals surface area contributed by atoms with Gasteiger partial charge in [0.2, 0.25) is 20.0 Å². The van der Waals surface area contributed by atoms with Crippen molar-refractivity contribution >= 4 is 31.6 Å². The molecule has 0 amide bonds. The number of sulfonamides is 2. The summed E-state index contributed by atoms with van der Waals surface area (Å²) in [5.41, 5.74) is 0. The van der Waals surface area contributed by atoms with E-state index in [-0.39, 0.29) is 18.0 Å². The van der Waals surface area contributed by atoms with Crippen LogP contribution in [0.5, 0.6) is 0 Å². The predicted octanol–water partition coefficient (Wildman–Crippen LogP) is 0.900. The lowest BCUT2D eigenvalue weighted by atomic mass is 10.4. The first kappa shape index (κ1) is 17.4. The summed E-state index contributed by atoms with van der Waals surface area (Å²) in [4.78, 5) is 0.123. The molecular weight excluding hydrogens is 324 g/mol. The number of halogens is 1. The molecule has 0 heterocycles. The van der Waals surface area contributed by atoms with Gasteiger partial charge in [-0.15, -0.1) is 0 Å². The van der Waals surface area contributed by atoms with E-state index in [4.69, 9.17) is 11.6 Å². The molecular formula is C11H17ClN2O4S2. The molecule has 0 aliphatic carbocycles. The van der Waals surface area contributed by atoms with Crippen LogP contribution in [0.2, 0.25) is 5.02 Å². The van der Waals surface area contributed by atoms with E-state index in [0.717, 1.165) is 6.26 Å². The number of rotatable bonds is 7. The van der Waals surface area contributed by atoms with Crippen LogP contribution in [-0.2, 0) is 20.0 Å². The molecule has 0 saturated carbocycles. The Labute approximate surface area is 124 Å². The third-order valence-electron chi connectivity index (χ3n) is 2.63. The van der Waals surface area contributed by atoms with Gasteiger partial charge in [0.15, 0.2) is 0 Å². The Morgan fingerprint density at radius 1 is 1.15 bits per heavy atom. The smallest absolute Gasteiger partial charge is 0.213 e. The minimum absolute atomic E-state index is 0.123. The van der Waals surface area contributed by atoms with E-state index in [1.807, 2.05) is 0 Å². The first-order valence-corrected chi connectivity index (χ1v) is 9.50. The number of nitrogens with zero attached hydrogens (tertiary/aromatic N) is 1. The molecule has 0 aliphatic heterocycles. The second-order valence-corrected chi connectivity index (χ2v) is 8.58. The molecule has 1 N–H and O–H groups in total. The molecule has 0 saturated heterocycles. The van der Waals surface area contributed by atoms with E-state index in [2.05, 4.69) is 4.72 Å². The summed E-state index contributed by atoms with van der Waals surface area (Å²) in [5, 5.41) is 0.457. The van der Waals surface area contributed by atoms with Crippen LogP contribution in [-0.4, -0.2) is 47.5 Å². The lowest BCUT2D eigenvalue weighted by Crippen LogP contribution is -2.31. The Balaban J connectivity index is 2.51. The molecule has 0 fully saturated rings. The normalized spacial score (nSPS) is 12.8. The summed E-state index contributed by atoms with van der Waals surface area (Å²) >= 11 is 5.69. The highest BCUT2D eigenvalue weighted by atomic mass is 35.5. The van der Waals surface area contributed by atoms with E-state index < -0.39 is 20.0 Å². The molecule has 6 nitrogen and oxygen atoms in total. The van der Waals surface area contributed by atoms with E-state index in [1.165, 1.54) is 35.6 Å². The highest BCUT2D eigenvalue weighted by Crippen LogP contribution is 2.13. The number of hydrogen-bond acceptors (Lipinski definition) is 4. The quantitative estimate of drug-likeness (QED) is 0.747. The molecule has 0 spiro atoms. The third-order valence-corrected chi connectivity index (χ3v) is 5.68. The average Bonchev–Trinajstić information content (AvgIpc) is 2.33. The monoisotopic (exact) mass is 340 g/mol. The SMILES string of the molecule is CN(CCCNS(=O)(=O)c1ccc(Cl)cc1)S(C)(=O)=O. The lowest BCUT2D eigenvalue weighted by molar-refractivity contribution is 0.465. The maximum absolute atomic E-state index is 11.9. The van der Waals surface area contributed by atoms with Gasteiger partial charge in [-0.1, -0.05) is 11.6 Å². The first-order chi connectivity index (χ1) is 9.13. The average molecular weight is 341 g/mol. The molecule has 1 aromatic carbocycles. The minimum atomic E-state index is -3.59. The molecule has 0 aromatic heterocycles. The summed E-state index contributed by atoms with van der Waals surface area (Å²) in [7, 11) is -5.37. The molecule has 0 radical (unpaired) electrons. The Hall–Kier alpha value is -0.670. The van der Waals surface area contributed by atoms with Crippen LogP contribution in [0, 0.1) is 0 Å². The van der Waals surface area contributed by atoms with Crippen LogP contribution in [0.3, 0.4) is 0 Å². The van der Waals surface area contributed by atoms with Crippen molar-refractivity contribution in [2.24, 2.45) is 0 Å². The van der Waals surface area contributed by atoms with Crippen molar-refractivity contribution < 1.29 is 16.8 Å². The fourth-order valence-corrected chi connectivity index (χ4v) is 3.03. The largest absolute Gasteiger partial charge is 0.240 e. The Bertz CT molecular complexity index is 642. The van der Waals surface area contributed by atoms with Gasteiger partial charge < -0.3 is 0 Å². The zero-order valence-electron chi connectivity index (χ0n) is 11.2. The van der Waals surface area contributed by atoms with E-state index >= 15 is 0 Å². The molecule has 0 bridgehead atoms. The van der Waals surface area contributed by atoms with Crippen molar-refractivity contribution in [3.63, 3.8) is 0 Å². The summed E-state index contributed by atoms with van der Waals surface area (Å²) in [6, 6.07) is 5.81. The minimum Gasteiger partial charge on any atom is -0.213 e. The van der Waals surface area contributed by atoms with Gasteiger partial charge in [-0.2, -0.15) is 0 Å². The zero-order valence-corrected chi connectivity index (χ0v) is 13.6. The fraction of sp³-hybridized carbons (Fsp3) is 0.455. The van der Waals surface area contributed by atoms with Gasteiger partial charge >= 0.3 is 0 Å². The van der Waals surface area contributed by atoms with Crippen molar-refractivity contribution in [2.45, 2.75) is 11.3 Å². The summed E-state index contributed by atoms with van der Waals surface area (Å²) in [5.74, 6) is 0. The molecule has 0 aliphatic rings. The van der Waals surface area contributed by atoms with E-state index in [1.54, 1.807) is 0 Å². The van der Waals surface area contributed by atoms with Gasteiger partial charge in [0.25, 0.3) is 0 Å². The van der Waals surface area contributed by atoms with Crippen molar-refractivity contribution in [3.05, 3.63) is 29.3 Å². The van der Waals surface area contributed by atoms with Gasteiger partial charge in [-0.25, -0.2) is 25.9 Å². The van der Waals surface area contributed by atoms with E-state index in [0.29, 0.717) is 11.4 Å². The highest BCUT2D eigenvalue weighted by molar-refractivity contribution is 7.89. The van der Waals surface area contributed by atoms with Crippen LogP contribution < -0.4 is 4.72 Å². The maximum atomic E-state index is 11.9. The third kappa shape index (κ3) is 5.37. The van der Waals surface area contributed by atoms with Crippen LogP contribution in [0.25, 0.3) is 0 Å². The zero-order chi connectivity index (χ0) is 15.4. The fourth-order valence-electron chi connectivity index (χ4n) is 1.37. The topological polar surface area (TPSA) is 83.6 Å². The molecule has 0 unspecified atom stereocenters. The van der Waals surface area contributed by atoms with Crippen molar-refractivity contribution in [1.82, 2.24) is 9.03 Å². The van der Waals surface area contributed by atoms with Crippen molar-refractivity contribution in [2.75, 3.05) is 26.4 Å². The highest BCUT2D eigenvalue weighted by Gasteiger charge is 2.14. The number of nitrogens with one attached hydrogen (secondary N) is 1. The summed E-state index contributed by atoms with van der Waals surface area (Å²) in [6.45, 7) is 0.410. The van der Waals surface area contributed by atoms with Crippen molar-refractivity contribution in [1.29, 1.82) is 0 Å². The van der Waals surface area contributed by atoms with Crippen LogP contribution in [0.1, 0.15) is 6.42 Å². The van der Waals surface area contributed by atoms with Gasteiger partial charge in [-0.05, 0) is 30.7 Å². The van der Waals surface area contributed by atoms with Gasteiger partial charge in [0.1, 0.15) is 0 Å². The molecule has 114 valence electrons. The first-order valence-electron chi connectivity index (χ1n) is 5.79. The van der Waals surface area contributed by atoms with Crippen LogP contribution in [0.4, 0.5) is 0 Å². The Morgan fingerprint density at radius 2 is 1.70 bits per heavy atom. The molecule has 20 heavy (non-hydrogen) atoms. The second-order valence-electron chi connectivity index (χ2n) is 4.29.